The smallest absolute Gasteiger partial charge is 0.322 e. The molecule has 0 unspecified atom stereocenters. The first-order valence-corrected chi connectivity index (χ1v) is 10.4. The van der Waals surface area contributed by atoms with E-state index in [1.807, 2.05) is 31.2 Å². The van der Waals surface area contributed by atoms with Gasteiger partial charge in [0.1, 0.15) is 5.84 Å². The SMILES string of the molecule is C1CCCCC1.CC1(O)CCN(C(=O)NC2=Nc3ccccc3C2)CC1.CO. The molecule has 0 bridgehead atoms. The van der Waals surface area contributed by atoms with E-state index in [1.54, 1.807) is 4.90 Å². The van der Waals surface area contributed by atoms with Crippen molar-refractivity contribution in [2.75, 3.05) is 20.2 Å². The maximum Gasteiger partial charge on any atom is 0.322 e. The molecule has 0 spiro atoms. The summed E-state index contributed by atoms with van der Waals surface area (Å²) in [5.74, 6) is 0.702. The number of carbonyl (C=O) groups is 1. The Morgan fingerprint density at radius 1 is 1.04 bits per heavy atom. The van der Waals surface area contributed by atoms with Crippen LogP contribution in [0.15, 0.2) is 29.3 Å². The molecule has 2 heterocycles. The first kappa shape index (κ1) is 22.4. The largest absolute Gasteiger partial charge is 0.400 e. The van der Waals surface area contributed by atoms with E-state index in [1.165, 1.54) is 38.5 Å². The number of rotatable bonds is 0. The maximum absolute atomic E-state index is 12.2. The fourth-order valence-electron chi connectivity index (χ4n) is 3.66. The molecule has 3 N–H and O–H groups in total. The molecular formula is C22H35N3O3. The Kier molecular flexibility index (Phi) is 8.93. The Labute approximate surface area is 168 Å². The summed E-state index contributed by atoms with van der Waals surface area (Å²) >= 11 is 0. The lowest BCUT2D eigenvalue weighted by Gasteiger charge is -2.35. The fourth-order valence-corrected chi connectivity index (χ4v) is 3.66. The van der Waals surface area contributed by atoms with Crippen LogP contribution in [0.1, 0.15) is 63.9 Å². The summed E-state index contributed by atoms with van der Waals surface area (Å²) in [6, 6.07) is 7.78. The molecule has 3 aliphatic rings. The average molecular weight is 390 g/mol. The van der Waals surface area contributed by atoms with Crippen LogP contribution in [0.2, 0.25) is 0 Å². The lowest BCUT2D eigenvalue weighted by Crippen LogP contribution is -2.50. The van der Waals surface area contributed by atoms with Gasteiger partial charge in [-0.2, -0.15) is 0 Å². The molecule has 1 saturated carbocycles. The van der Waals surface area contributed by atoms with Crippen molar-refractivity contribution in [3.63, 3.8) is 0 Å². The number of benzene rings is 1. The van der Waals surface area contributed by atoms with Gasteiger partial charge in [0.15, 0.2) is 0 Å². The maximum atomic E-state index is 12.2. The van der Waals surface area contributed by atoms with E-state index in [0.717, 1.165) is 18.4 Å². The number of aliphatic imine (C=N–C) groups is 1. The Balaban J connectivity index is 0.000000296. The molecule has 0 aromatic heterocycles. The molecular weight excluding hydrogens is 354 g/mol. The van der Waals surface area contributed by atoms with E-state index in [2.05, 4.69) is 10.3 Å². The van der Waals surface area contributed by atoms with Gasteiger partial charge in [0.05, 0.1) is 11.3 Å². The van der Waals surface area contributed by atoms with Gasteiger partial charge in [-0.3, -0.25) is 5.32 Å². The molecule has 6 nitrogen and oxygen atoms in total. The molecule has 1 aromatic rings. The minimum atomic E-state index is -0.641. The number of fused-ring (bicyclic) bond motifs is 1. The van der Waals surface area contributed by atoms with Crippen molar-refractivity contribution < 1.29 is 15.0 Å². The van der Waals surface area contributed by atoms with E-state index >= 15 is 0 Å². The number of aliphatic hydroxyl groups is 2. The second-order valence-corrected chi connectivity index (χ2v) is 7.90. The Morgan fingerprint density at radius 3 is 2.11 bits per heavy atom. The van der Waals surface area contributed by atoms with Crippen molar-refractivity contribution >= 4 is 17.6 Å². The van der Waals surface area contributed by atoms with Gasteiger partial charge >= 0.3 is 6.03 Å². The third-order valence-electron chi connectivity index (χ3n) is 5.48. The van der Waals surface area contributed by atoms with Crippen LogP contribution in [-0.2, 0) is 6.42 Å². The second-order valence-electron chi connectivity index (χ2n) is 7.90. The number of urea groups is 1. The normalized spacial score (nSPS) is 19.9. The highest BCUT2D eigenvalue weighted by Crippen LogP contribution is 2.25. The standard InChI is InChI=1S/C15H19N3O2.C6H12.CH4O/c1-15(20)6-8-18(9-7-15)14(19)17-13-10-11-4-2-3-5-12(11)16-13;1-2-4-6-5-3-1;1-2/h2-5,20H,6-10H2,1H3,(H,16,17,19);1-6H2;2H,1H3. The van der Waals surface area contributed by atoms with Crippen LogP contribution < -0.4 is 5.32 Å². The number of carbonyl (C=O) groups excluding carboxylic acids is 1. The summed E-state index contributed by atoms with van der Waals surface area (Å²) < 4.78 is 0. The predicted molar refractivity (Wildman–Crippen MR) is 113 cm³/mol. The summed E-state index contributed by atoms with van der Waals surface area (Å²) in [5.41, 5.74) is 1.44. The van der Waals surface area contributed by atoms with Gasteiger partial charge in [-0.25, -0.2) is 9.79 Å². The molecule has 2 aliphatic heterocycles. The highest BCUT2D eigenvalue weighted by Gasteiger charge is 2.30. The van der Waals surface area contributed by atoms with Crippen LogP contribution in [0.4, 0.5) is 10.5 Å². The lowest BCUT2D eigenvalue weighted by molar-refractivity contribution is 0.00483. The summed E-state index contributed by atoms with van der Waals surface area (Å²) in [6.07, 6.45) is 10.9. The minimum Gasteiger partial charge on any atom is -0.400 e. The van der Waals surface area contributed by atoms with Crippen molar-refractivity contribution in [3.8, 4) is 0 Å². The molecule has 4 rings (SSSR count). The second kappa shape index (κ2) is 11.2. The lowest BCUT2D eigenvalue weighted by atomic mass is 9.94. The van der Waals surface area contributed by atoms with E-state index in [-0.39, 0.29) is 6.03 Å². The van der Waals surface area contributed by atoms with Gasteiger partial charge in [-0.05, 0) is 31.4 Å². The highest BCUT2D eigenvalue weighted by molar-refractivity contribution is 6.02. The molecule has 28 heavy (non-hydrogen) atoms. The Morgan fingerprint density at radius 2 is 1.57 bits per heavy atom. The molecule has 1 saturated heterocycles. The zero-order valence-corrected chi connectivity index (χ0v) is 17.3. The van der Waals surface area contributed by atoms with Crippen LogP contribution in [0, 0.1) is 0 Å². The van der Waals surface area contributed by atoms with Crippen molar-refractivity contribution in [2.45, 2.75) is 70.3 Å². The molecule has 1 aliphatic carbocycles. The van der Waals surface area contributed by atoms with Gasteiger partial charge in [-0.15, -0.1) is 0 Å². The van der Waals surface area contributed by atoms with Gasteiger partial charge in [-0.1, -0.05) is 56.7 Å². The average Bonchev–Trinajstić information content (AvgIpc) is 3.13. The molecule has 0 atom stereocenters. The summed E-state index contributed by atoms with van der Waals surface area (Å²) in [7, 11) is 1.00. The van der Waals surface area contributed by atoms with E-state index in [9.17, 15) is 9.90 Å². The van der Waals surface area contributed by atoms with Crippen LogP contribution in [0.3, 0.4) is 0 Å². The van der Waals surface area contributed by atoms with Crippen LogP contribution in [0.25, 0.3) is 0 Å². The van der Waals surface area contributed by atoms with E-state index in [0.29, 0.717) is 38.2 Å². The summed E-state index contributed by atoms with van der Waals surface area (Å²) in [4.78, 5) is 18.3. The number of amidine groups is 1. The zero-order chi connectivity index (χ0) is 20.4. The number of likely N-dealkylation sites (tertiary alicyclic amines) is 1. The van der Waals surface area contributed by atoms with Crippen molar-refractivity contribution in [1.82, 2.24) is 10.2 Å². The number of hydrogen-bond donors (Lipinski definition) is 3. The predicted octanol–water partition coefficient (Wildman–Crippen LogP) is 3.78. The number of nitrogens with zero attached hydrogens (tertiary/aromatic N) is 2. The van der Waals surface area contributed by atoms with Crippen LogP contribution in [-0.4, -0.2) is 52.8 Å². The third kappa shape index (κ3) is 6.91. The van der Waals surface area contributed by atoms with Gasteiger partial charge in [0.25, 0.3) is 0 Å². The summed E-state index contributed by atoms with van der Waals surface area (Å²) in [6.45, 7) is 2.98. The van der Waals surface area contributed by atoms with Gasteiger partial charge in [0, 0.05) is 26.6 Å². The molecule has 0 radical (unpaired) electrons. The fraction of sp³-hybridized carbons (Fsp3) is 0.636. The van der Waals surface area contributed by atoms with Crippen molar-refractivity contribution in [2.24, 2.45) is 4.99 Å². The first-order chi connectivity index (χ1) is 13.5. The number of amides is 2. The number of hydrogen-bond acceptors (Lipinski definition) is 4. The van der Waals surface area contributed by atoms with Crippen molar-refractivity contribution in [3.05, 3.63) is 29.8 Å². The van der Waals surface area contributed by atoms with E-state index < -0.39 is 5.60 Å². The molecule has 156 valence electrons. The zero-order valence-electron chi connectivity index (χ0n) is 17.3. The first-order valence-electron chi connectivity index (χ1n) is 10.4. The topological polar surface area (TPSA) is 85.2 Å². The number of para-hydroxylation sites is 1. The Hall–Kier alpha value is -1.92. The van der Waals surface area contributed by atoms with E-state index in [4.69, 9.17) is 5.11 Å². The minimum absolute atomic E-state index is 0.118. The van der Waals surface area contributed by atoms with Gasteiger partial charge in [0.2, 0.25) is 0 Å². The number of nitrogens with one attached hydrogen (secondary N) is 1. The molecule has 2 amide bonds. The molecule has 6 heteroatoms. The monoisotopic (exact) mass is 389 g/mol. The van der Waals surface area contributed by atoms with Crippen LogP contribution >= 0.6 is 0 Å². The highest BCUT2D eigenvalue weighted by atomic mass is 16.3. The quantitative estimate of drug-likeness (QED) is 0.631. The molecule has 1 aromatic carbocycles. The van der Waals surface area contributed by atoms with Gasteiger partial charge < -0.3 is 15.1 Å². The Bertz CT molecular complexity index is 633. The summed E-state index contributed by atoms with van der Waals surface area (Å²) in [5, 5.41) is 19.8. The number of piperidine rings is 1. The molecule has 2 fully saturated rings. The van der Waals surface area contributed by atoms with Crippen LogP contribution in [0.5, 0.6) is 0 Å². The third-order valence-corrected chi connectivity index (χ3v) is 5.48. The number of aliphatic hydroxyl groups excluding tert-OH is 1. The van der Waals surface area contributed by atoms with Crippen molar-refractivity contribution in [1.29, 1.82) is 0 Å².